The summed E-state index contributed by atoms with van der Waals surface area (Å²) in [5, 5.41) is 12.4. The molecule has 1 aromatic carbocycles. The van der Waals surface area contributed by atoms with Crippen molar-refractivity contribution in [3.63, 3.8) is 0 Å². The van der Waals surface area contributed by atoms with Crippen LogP contribution >= 0.6 is 0 Å². The first kappa shape index (κ1) is 8.73. The van der Waals surface area contributed by atoms with Gasteiger partial charge in [-0.2, -0.15) is 0 Å². The normalized spacial score (nSPS) is 27.8. The van der Waals surface area contributed by atoms with Crippen LogP contribution in [0.5, 0.6) is 0 Å². The van der Waals surface area contributed by atoms with Crippen LogP contribution < -0.4 is 5.32 Å². The molecule has 0 radical (unpaired) electrons. The molecule has 0 saturated carbocycles. The van der Waals surface area contributed by atoms with Crippen molar-refractivity contribution in [2.24, 2.45) is 5.92 Å². The van der Waals surface area contributed by atoms with E-state index >= 15 is 0 Å². The molecule has 0 bridgehead atoms. The Hall–Kier alpha value is -0.860. The van der Waals surface area contributed by atoms with Gasteiger partial charge in [0.25, 0.3) is 0 Å². The molecular formula is C11H15NO. The van der Waals surface area contributed by atoms with Crippen LogP contribution in [-0.4, -0.2) is 18.3 Å². The molecule has 0 aromatic heterocycles. The third-order valence-corrected chi connectivity index (χ3v) is 2.68. The first-order chi connectivity index (χ1) is 6.40. The van der Waals surface area contributed by atoms with Crippen molar-refractivity contribution in [2.75, 3.05) is 13.2 Å². The molecule has 2 heteroatoms. The molecule has 70 valence electrons. The first-order valence-electron chi connectivity index (χ1n) is 4.79. The Kier molecular flexibility index (Phi) is 2.62. The lowest BCUT2D eigenvalue weighted by molar-refractivity contribution is 0.236. The third-order valence-electron chi connectivity index (χ3n) is 2.68. The SMILES string of the molecule is OCC1CNC(c2ccccc2)C1. The maximum absolute atomic E-state index is 8.99. The monoisotopic (exact) mass is 177 g/mol. The standard InChI is InChI=1S/C11H15NO/c13-8-9-6-11(12-7-9)10-4-2-1-3-5-10/h1-5,9,11-13H,6-8H2. The summed E-state index contributed by atoms with van der Waals surface area (Å²) in [6.45, 7) is 1.24. The number of benzene rings is 1. The molecule has 1 aliphatic rings. The predicted molar refractivity (Wildman–Crippen MR) is 52.4 cm³/mol. The molecule has 0 amide bonds. The fourth-order valence-corrected chi connectivity index (χ4v) is 1.89. The second-order valence-corrected chi connectivity index (χ2v) is 3.66. The average Bonchev–Trinajstić information content (AvgIpc) is 2.67. The van der Waals surface area contributed by atoms with Crippen LogP contribution in [-0.2, 0) is 0 Å². The highest BCUT2D eigenvalue weighted by Crippen LogP contribution is 2.26. The quantitative estimate of drug-likeness (QED) is 0.714. The Morgan fingerprint density at radius 1 is 1.31 bits per heavy atom. The van der Waals surface area contributed by atoms with Crippen molar-refractivity contribution in [3.05, 3.63) is 35.9 Å². The average molecular weight is 177 g/mol. The number of hydrogen-bond donors (Lipinski definition) is 2. The first-order valence-corrected chi connectivity index (χ1v) is 4.79. The second-order valence-electron chi connectivity index (χ2n) is 3.66. The van der Waals surface area contributed by atoms with Gasteiger partial charge in [0.15, 0.2) is 0 Å². The highest BCUT2D eigenvalue weighted by molar-refractivity contribution is 5.19. The number of rotatable bonds is 2. The van der Waals surface area contributed by atoms with E-state index in [1.807, 2.05) is 6.07 Å². The predicted octanol–water partition coefficient (Wildman–Crippen LogP) is 1.33. The lowest BCUT2D eigenvalue weighted by atomic mass is 10.0. The molecule has 2 rings (SSSR count). The van der Waals surface area contributed by atoms with E-state index in [0.29, 0.717) is 18.6 Å². The number of hydrogen-bond acceptors (Lipinski definition) is 2. The highest BCUT2D eigenvalue weighted by atomic mass is 16.3. The van der Waals surface area contributed by atoms with E-state index in [1.54, 1.807) is 0 Å². The molecule has 2 unspecified atom stereocenters. The second kappa shape index (κ2) is 3.90. The molecule has 1 aromatic rings. The molecule has 2 nitrogen and oxygen atoms in total. The maximum Gasteiger partial charge on any atom is 0.0472 e. The smallest absolute Gasteiger partial charge is 0.0472 e. The summed E-state index contributed by atoms with van der Waals surface area (Å²) in [4.78, 5) is 0. The van der Waals surface area contributed by atoms with Crippen molar-refractivity contribution in [1.82, 2.24) is 5.32 Å². The van der Waals surface area contributed by atoms with Crippen LogP contribution in [0.1, 0.15) is 18.0 Å². The van der Waals surface area contributed by atoms with Crippen molar-refractivity contribution in [2.45, 2.75) is 12.5 Å². The third kappa shape index (κ3) is 1.90. The van der Waals surface area contributed by atoms with Gasteiger partial charge >= 0.3 is 0 Å². The Morgan fingerprint density at radius 3 is 2.69 bits per heavy atom. The number of nitrogens with one attached hydrogen (secondary N) is 1. The van der Waals surface area contributed by atoms with Crippen LogP contribution in [0, 0.1) is 5.92 Å². The lowest BCUT2D eigenvalue weighted by Crippen LogP contribution is -2.14. The summed E-state index contributed by atoms with van der Waals surface area (Å²) < 4.78 is 0. The van der Waals surface area contributed by atoms with Crippen LogP contribution in [0.4, 0.5) is 0 Å². The zero-order valence-electron chi connectivity index (χ0n) is 7.61. The molecule has 1 fully saturated rings. The Morgan fingerprint density at radius 2 is 2.08 bits per heavy atom. The van der Waals surface area contributed by atoms with Crippen molar-refractivity contribution in [3.8, 4) is 0 Å². The lowest BCUT2D eigenvalue weighted by Gasteiger charge is -2.09. The van der Waals surface area contributed by atoms with Crippen molar-refractivity contribution >= 4 is 0 Å². The minimum absolute atomic E-state index is 0.302. The Labute approximate surface area is 78.6 Å². The van der Waals surface area contributed by atoms with E-state index in [2.05, 4.69) is 29.6 Å². The molecule has 2 atom stereocenters. The topological polar surface area (TPSA) is 32.3 Å². The molecule has 0 spiro atoms. The number of aliphatic hydroxyl groups is 1. The zero-order valence-corrected chi connectivity index (χ0v) is 7.61. The summed E-state index contributed by atoms with van der Waals surface area (Å²) >= 11 is 0. The van der Waals surface area contributed by atoms with Gasteiger partial charge in [0.1, 0.15) is 0 Å². The molecular weight excluding hydrogens is 162 g/mol. The number of aliphatic hydroxyl groups excluding tert-OH is 1. The summed E-state index contributed by atoms with van der Waals surface area (Å²) in [5.41, 5.74) is 1.33. The van der Waals surface area contributed by atoms with Gasteiger partial charge in [0, 0.05) is 19.2 Å². The van der Waals surface area contributed by atoms with Crippen LogP contribution in [0.25, 0.3) is 0 Å². The van der Waals surface area contributed by atoms with Gasteiger partial charge in [0.05, 0.1) is 0 Å². The van der Waals surface area contributed by atoms with Gasteiger partial charge < -0.3 is 10.4 Å². The van der Waals surface area contributed by atoms with Crippen molar-refractivity contribution in [1.29, 1.82) is 0 Å². The molecule has 13 heavy (non-hydrogen) atoms. The summed E-state index contributed by atoms with van der Waals surface area (Å²) in [7, 11) is 0. The fourth-order valence-electron chi connectivity index (χ4n) is 1.89. The van der Waals surface area contributed by atoms with Crippen LogP contribution in [0.15, 0.2) is 30.3 Å². The molecule has 1 heterocycles. The minimum atomic E-state index is 0.302. The molecule has 1 saturated heterocycles. The molecule has 2 N–H and O–H groups in total. The van der Waals surface area contributed by atoms with Gasteiger partial charge in [-0.05, 0) is 17.9 Å². The summed E-state index contributed by atoms with van der Waals surface area (Å²) in [6, 6.07) is 10.9. The van der Waals surface area contributed by atoms with Gasteiger partial charge in [-0.15, -0.1) is 0 Å². The molecule has 1 aliphatic heterocycles. The largest absolute Gasteiger partial charge is 0.396 e. The van der Waals surface area contributed by atoms with Gasteiger partial charge in [0.2, 0.25) is 0 Å². The van der Waals surface area contributed by atoms with Gasteiger partial charge in [-0.3, -0.25) is 0 Å². The summed E-state index contributed by atoms with van der Waals surface area (Å²) in [5.74, 6) is 0.435. The van der Waals surface area contributed by atoms with E-state index < -0.39 is 0 Å². The zero-order chi connectivity index (χ0) is 9.10. The van der Waals surface area contributed by atoms with E-state index in [9.17, 15) is 0 Å². The minimum Gasteiger partial charge on any atom is -0.396 e. The Balaban J connectivity index is 2.04. The molecule has 0 aliphatic carbocycles. The van der Waals surface area contributed by atoms with Gasteiger partial charge in [-0.25, -0.2) is 0 Å². The van der Waals surface area contributed by atoms with E-state index in [0.717, 1.165) is 13.0 Å². The highest BCUT2D eigenvalue weighted by Gasteiger charge is 2.23. The van der Waals surface area contributed by atoms with Crippen LogP contribution in [0.2, 0.25) is 0 Å². The van der Waals surface area contributed by atoms with Crippen LogP contribution in [0.3, 0.4) is 0 Å². The van der Waals surface area contributed by atoms with E-state index in [4.69, 9.17) is 5.11 Å². The van der Waals surface area contributed by atoms with Crippen molar-refractivity contribution < 1.29 is 5.11 Å². The maximum atomic E-state index is 8.99. The Bertz CT molecular complexity index is 260. The van der Waals surface area contributed by atoms with E-state index in [-0.39, 0.29) is 0 Å². The van der Waals surface area contributed by atoms with Gasteiger partial charge in [-0.1, -0.05) is 30.3 Å². The summed E-state index contributed by atoms with van der Waals surface area (Å²) in [6.07, 6.45) is 1.06. The van der Waals surface area contributed by atoms with E-state index in [1.165, 1.54) is 5.56 Å². The fraction of sp³-hybridized carbons (Fsp3) is 0.455.